The quantitative estimate of drug-likeness (QED) is 0.505. The van der Waals surface area contributed by atoms with Crippen molar-refractivity contribution < 1.29 is 0 Å². The van der Waals surface area contributed by atoms with Crippen LogP contribution in [-0.4, -0.2) is 0 Å². The second-order valence-electron chi connectivity index (χ2n) is 3.31. The molecule has 0 aliphatic heterocycles. The van der Waals surface area contributed by atoms with Crippen LogP contribution in [0, 0.1) is 0 Å². The first-order valence-corrected chi connectivity index (χ1v) is 5.43. The zero-order valence-electron chi connectivity index (χ0n) is 9.55. The van der Waals surface area contributed by atoms with Gasteiger partial charge in [0.1, 0.15) is 0 Å². The van der Waals surface area contributed by atoms with Crippen LogP contribution in [0.2, 0.25) is 0 Å². The van der Waals surface area contributed by atoms with Crippen LogP contribution in [-0.2, 0) is 0 Å². The van der Waals surface area contributed by atoms with Gasteiger partial charge in [-0.3, -0.25) is 0 Å². The topological polar surface area (TPSA) is 0 Å². The highest BCUT2D eigenvalue weighted by Gasteiger charge is 2.00. The van der Waals surface area contributed by atoms with Gasteiger partial charge in [-0.25, -0.2) is 0 Å². The maximum atomic E-state index is 3.76. The summed E-state index contributed by atoms with van der Waals surface area (Å²) in [7, 11) is 0. The van der Waals surface area contributed by atoms with E-state index in [1.807, 2.05) is 12.2 Å². The van der Waals surface area contributed by atoms with Gasteiger partial charge >= 0.3 is 0 Å². The van der Waals surface area contributed by atoms with Crippen LogP contribution < -0.4 is 0 Å². The number of hydrogen-bond donors (Lipinski definition) is 0. The average molecular weight is 190 g/mol. The molecule has 0 heteroatoms. The molecule has 14 heavy (non-hydrogen) atoms. The Balaban J connectivity index is 4.60. The second kappa shape index (κ2) is 8.55. The number of rotatable bonds is 7. The lowest BCUT2D eigenvalue weighted by molar-refractivity contribution is 0.785. The van der Waals surface area contributed by atoms with Gasteiger partial charge in [-0.05, 0) is 30.4 Å². The molecule has 0 aromatic rings. The Hall–Kier alpha value is -1.04. The summed E-state index contributed by atoms with van der Waals surface area (Å²) in [4.78, 5) is 0. The van der Waals surface area contributed by atoms with E-state index in [1.165, 1.54) is 24.0 Å². The molecule has 0 aliphatic carbocycles. The molecular weight excluding hydrogens is 168 g/mol. The van der Waals surface area contributed by atoms with E-state index in [1.54, 1.807) is 0 Å². The molecule has 0 saturated carbocycles. The van der Waals surface area contributed by atoms with E-state index in [-0.39, 0.29) is 0 Å². The lowest BCUT2D eigenvalue weighted by Crippen LogP contribution is -1.89. The number of hydrogen-bond acceptors (Lipinski definition) is 0. The standard InChI is InChI=1S/C14H22/c1-5-9-12-14(11-7-3)13(8-4)10-6-2/h6-7,10-11H,2-3,5,8-9,12H2,1,4H3/b13-10-,14-11-. The van der Waals surface area contributed by atoms with E-state index in [9.17, 15) is 0 Å². The molecule has 0 aliphatic rings. The minimum atomic E-state index is 1.06. The van der Waals surface area contributed by atoms with Crippen molar-refractivity contribution >= 4 is 0 Å². The van der Waals surface area contributed by atoms with Gasteiger partial charge in [0.15, 0.2) is 0 Å². The van der Waals surface area contributed by atoms with Crippen molar-refractivity contribution in [1.29, 1.82) is 0 Å². The molecule has 0 aromatic carbocycles. The lowest BCUT2D eigenvalue weighted by atomic mass is 9.97. The Morgan fingerprint density at radius 2 is 1.57 bits per heavy atom. The van der Waals surface area contributed by atoms with Crippen LogP contribution >= 0.6 is 0 Å². The van der Waals surface area contributed by atoms with Gasteiger partial charge in [0.2, 0.25) is 0 Å². The zero-order chi connectivity index (χ0) is 10.8. The molecular formula is C14H22. The summed E-state index contributed by atoms with van der Waals surface area (Å²) in [5, 5.41) is 0. The molecule has 0 nitrogen and oxygen atoms in total. The summed E-state index contributed by atoms with van der Waals surface area (Å²) in [6.45, 7) is 11.9. The maximum absolute atomic E-state index is 3.76. The van der Waals surface area contributed by atoms with Crippen LogP contribution in [0.4, 0.5) is 0 Å². The van der Waals surface area contributed by atoms with Crippen LogP contribution in [0.5, 0.6) is 0 Å². The first-order valence-electron chi connectivity index (χ1n) is 5.43. The summed E-state index contributed by atoms with van der Waals surface area (Å²) < 4.78 is 0. The Bertz CT molecular complexity index is 228. The van der Waals surface area contributed by atoms with Gasteiger partial charge in [0, 0.05) is 0 Å². The highest BCUT2D eigenvalue weighted by atomic mass is 14.1. The molecule has 0 heterocycles. The molecule has 0 saturated heterocycles. The van der Waals surface area contributed by atoms with Crippen molar-refractivity contribution in [3.8, 4) is 0 Å². The van der Waals surface area contributed by atoms with Crippen molar-refractivity contribution in [3.63, 3.8) is 0 Å². The summed E-state index contributed by atoms with van der Waals surface area (Å²) in [6.07, 6.45) is 12.7. The van der Waals surface area contributed by atoms with Gasteiger partial charge in [0.25, 0.3) is 0 Å². The normalized spacial score (nSPS) is 12.7. The zero-order valence-corrected chi connectivity index (χ0v) is 9.55. The van der Waals surface area contributed by atoms with Crippen molar-refractivity contribution in [1.82, 2.24) is 0 Å². The minimum absolute atomic E-state index is 1.06. The third-order valence-electron chi connectivity index (χ3n) is 2.23. The molecule has 0 aromatic heterocycles. The monoisotopic (exact) mass is 190 g/mol. The first-order chi connectivity index (χ1) is 6.79. The third-order valence-corrected chi connectivity index (χ3v) is 2.23. The highest BCUT2D eigenvalue weighted by molar-refractivity contribution is 5.35. The summed E-state index contributed by atoms with van der Waals surface area (Å²) in [5.74, 6) is 0. The summed E-state index contributed by atoms with van der Waals surface area (Å²) in [5.41, 5.74) is 2.79. The number of allylic oxidation sites excluding steroid dienone is 6. The molecule has 78 valence electrons. The van der Waals surface area contributed by atoms with E-state index in [0.29, 0.717) is 0 Å². The van der Waals surface area contributed by atoms with Gasteiger partial charge in [-0.2, -0.15) is 0 Å². The van der Waals surface area contributed by atoms with E-state index < -0.39 is 0 Å². The Morgan fingerprint density at radius 3 is 2.00 bits per heavy atom. The third kappa shape index (κ3) is 4.86. The fraction of sp³-hybridized carbons (Fsp3) is 0.429. The molecule has 0 atom stereocenters. The molecule has 0 unspecified atom stereocenters. The maximum Gasteiger partial charge on any atom is -0.0276 e. The Labute approximate surface area is 88.7 Å². The van der Waals surface area contributed by atoms with Gasteiger partial charge < -0.3 is 0 Å². The minimum Gasteiger partial charge on any atom is -0.0991 e. The summed E-state index contributed by atoms with van der Waals surface area (Å²) in [6, 6.07) is 0. The van der Waals surface area contributed by atoms with Crippen molar-refractivity contribution in [2.45, 2.75) is 39.5 Å². The average Bonchev–Trinajstić information content (AvgIpc) is 2.21. The van der Waals surface area contributed by atoms with E-state index in [0.717, 1.165) is 12.8 Å². The van der Waals surface area contributed by atoms with Crippen LogP contribution in [0.1, 0.15) is 39.5 Å². The number of unbranched alkanes of at least 4 members (excludes halogenated alkanes) is 1. The predicted octanol–water partition coefficient (Wildman–Crippen LogP) is 4.81. The molecule has 0 radical (unpaired) electrons. The van der Waals surface area contributed by atoms with Crippen molar-refractivity contribution in [3.05, 3.63) is 48.6 Å². The van der Waals surface area contributed by atoms with Crippen LogP contribution in [0.3, 0.4) is 0 Å². The van der Waals surface area contributed by atoms with Gasteiger partial charge in [0.05, 0.1) is 0 Å². The second-order valence-corrected chi connectivity index (χ2v) is 3.31. The molecule has 0 amide bonds. The molecule has 0 spiro atoms. The predicted molar refractivity (Wildman–Crippen MR) is 66.4 cm³/mol. The molecule has 0 bridgehead atoms. The fourth-order valence-corrected chi connectivity index (χ4v) is 1.45. The Kier molecular flexibility index (Phi) is 7.92. The first kappa shape index (κ1) is 13.0. The lowest BCUT2D eigenvalue weighted by Gasteiger charge is -2.08. The SMILES string of the molecule is C=C/C=C(CC)\C(=C/C=C)CCCC. The van der Waals surface area contributed by atoms with Crippen molar-refractivity contribution in [2.24, 2.45) is 0 Å². The highest BCUT2D eigenvalue weighted by Crippen LogP contribution is 2.20. The largest absolute Gasteiger partial charge is 0.0991 e. The Morgan fingerprint density at radius 1 is 1.00 bits per heavy atom. The van der Waals surface area contributed by atoms with Gasteiger partial charge in [-0.1, -0.05) is 57.7 Å². The van der Waals surface area contributed by atoms with E-state index in [4.69, 9.17) is 0 Å². The van der Waals surface area contributed by atoms with E-state index in [2.05, 4.69) is 39.2 Å². The molecule has 0 N–H and O–H groups in total. The van der Waals surface area contributed by atoms with E-state index >= 15 is 0 Å². The smallest absolute Gasteiger partial charge is 0.0276 e. The molecule has 0 fully saturated rings. The fourth-order valence-electron chi connectivity index (χ4n) is 1.45. The van der Waals surface area contributed by atoms with Crippen LogP contribution in [0.15, 0.2) is 48.6 Å². The van der Waals surface area contributed by atoms with Crippen LogP contribution in [0.25, 0.3) is 0 Å². The summed E-state index contributed by atoms with van der Waals surface area (Å²) >= 11 is 0. The molecule has 0 rings (SSSR count). The van der Waals surface area contributed by atoms with Crippen molar-refractivity contribution in [2.75, 3.05) is 0 Å². The van der Waals surface area contributed by atoms with Gasteiger partial charge in [-0.15, -0.1) is 0 Å².